The summed E-state index contributed by atoms with van der Waals surface area (Å²) in [5.41, 5.74) is 1.38. The van der Waals surface area contributed by atoms with Crippen molar-refractivity contribution < 1.29 is 9.53 Å². The second-order valence-corrected chi connectivity index (χ2v) is 6.39. The van der Waals surface area contributed by atoms with E-state index >= 15 is 0 Å². The predicted octanol–water partition coefficient (Wildman–Crippen LogP) is 2.50. The number of carbonyl (C=O) groups is 1. The second-order valence-electron chi connectivity index (χ2n) is 5.99. The SMILES string of the molecule is C[C@H](CNC(=O)c1nc(N2CCOCC2)ncc1Cl)c1ccccc1. The van der Waals surface area contributed by atoms with Gasteiger partial charge in [-0.1, -0.05) is 48.9 Å². The monoisotopic (exact) mass is 360 g/mol. The number of hydrogen-bond donors (Lipinski definition) is 1. The van der Waals surface area contributed by atoms with Gasteiger partial charge in [0.05, 0.1) is 24.4 Å². The molecule has 0 unspecified atom stereocenters. The molecular weight excluding hydrogens is 340 g/mol. The summed E-state index contributed by atoms with van der Waals surface area (Å²) < 4.78 is 5.33. The highest BCUT2D eigenvalue weighted by molar-refractivity contribution is 6.33. The van der Waals surface area contributed by atoms with Crippen molar-refractivity contribution in [2.24, 2.45) is 0 Å². The summed E-state index contributed by atoms with van der Waals surface area (Å²) >= 11 is 6.13. The molecule has 1 aliphatic rings. The van der Waals surface area contributed by atoms with Crippen molar-refractivity contribution in [1.29, 1.82) is 0 Å². The van der Waals surface area contributed by atoms with Crippen LogP contribution in [0.15, 0.2) is 36.5 Å². The van der Waals surface area contributed by atoms with Gasteiger partial charge in [0.1, 0.15) is 0 Å². The normalized spacial score (nSPS) is 15.7. The lowest BCUT2D eigenvalue weighted by atomic mass is 10.0. The molecular formula is C18H21ClN4O2. The molecule has 1 N–H and O–H groups in total. The maximum absolute atomic E-state index is 12.5. The number of carbonyl (C=O) groups excluding carboxylic acids is 1. The van der Waals surface area contributed by atoms with Crippen LogP contribution in [0.5, 0.6) is 0 Å². The van der Waals surface area contributed by atoms with Gasteiger partial charge in [0.15, 0.2) is 5.69 Å². The number of morpholine rings is 1. The third-order valence-corrected chi connectivity index (χ3v) is 4.45. The van der Waals surface area contributed by atoms with E-state index in [2.05, 4.69) is 22.2 Å². The molecule has 0 aliphatic carbocycles. The van der Waals surface area contributed by atoms with Crippen molar-refractivity contribution in [3.63, 3.8) is 0 Å². The smallest absolute Gasteiger partial charge is 0.271 e. The maximum Gasteiger partial charge on any atom is 0.271 e. The van der Waals surface area contributed by atoms with E-state index in [1.807, 2.05) is 35.2 Å². The van der Waals surface area contributed by atoms with Gasteiger partial charge in [0.2, 0.25) is 5.95 Å². The van der Waals surface area contributed by atoms with Gasteiger partial charge in [-0.15, -0.1) is 0 Å². The number of ether oxygens (including phenoxy) is 1. The Bertz CT molecular complexity index is 720. The summed E-state index contributed by atoms with van der Waals surface area (Å²) in [6, 6.07) is 10.0. The fraction of sp³-hybridized carbons (Fsp3) is 0.389. The first kappa shape index (κ1) is 17.6. The highest BCUT2D eigenvalue weighted by Gasteiger charge is 2.19. The largest absolute Gasteiger partial charge is 0.378 e. The number of halogens is 1. The van der Waals surface area contributed by atoms with Crippen molar-refractivity contribution in [2.75, 3.05) is 37.7 Å². The molecule has 1 amide bonds. The number of hydrogen-bond acceptors (Lipinski definition) is 5. The van der Waals surface area contributed by atoms with Gasteiger partial charge in [-0.3, -0.25) is 4.79 Å². The Balaban J connectivity index is 1.66. The molecule has 1 aromatic heterocycles. The minimum Gasteiger partial charge on any atom is -0.378 e. The third-order valence-electron chi connectivity index (χ3n) is 4.18. The van der Waals surface area contributed by atoms with E-state index in [1.165, 1.54) is 11.8 Å². The molecule has 1 aliphatic heterocycles. The average molecular weight is 361 g/mol. The van der Waals surface area contributed by atoms with Gasteiger partial charge < -0.3 is 15.0 Å². The first-order chi connectivity index (χ1) is 12.1. The van der Waals surface area contributed by atoms with E-state index in [4.69, 9.17) is 16.3 Å². The summed E-state index contributed by atoms with van der Waals surface area (Å²) in [6.07, 6.45) is 1.48. The molecule has 132 valence electrons. The molecule has 6 nitrogen and oxygen atoms in total. The van der Waals surface area contributed by atoms with E-state index < -0.39 is 0 Å². The molecule has 0 spiro atoms. The number of benzene rings is 1. The Morgan fingerprint density at radius 1 is 1.32 bits per heavy atom. The molecule has 1 atom stereocenters. The number of amides is 1. The van der Waals surface area contributed by atoms with Crippen LogP contribution >= 0.6 is 11.6 Å². The Hall–Kier alpha value is -2.18. The quantitative estimate of drug-likeness (QED) is 0.887. The van der Waals surface area contributed by atoms with Crippen LogP contribution in [0.2, 0.25) is 5.02 Å². The van der Waals surface area contributed by atoms with Crippen LogP contribution in [0.3, 0.4) is 0 Å². The van der Waals surface area contributed by atoms with Crippen molar-refractivity contribution >= 4 is 23.5 Å². The molecule has 2 aromatic rings. The molecule has 0 radical (unpaired) electrons. The minimum atomic E-state index is -0.287. The van der Waals surface area contributed by atoms with Gasteiger partial charge in [0, 0.05) is 19.6 Å². The second kappa shape index (κ2) is 8.27. The number of rotatable bonds is 5. The predicted molar refractivity (Wildman–Crippen MR) is 97.3 cm³/mol. The zero-order chi connectivity index (χ0) is 17.6. The van der Waals surface area contributed by atoms with Crippen LogP contribution in [0.25, 0.3) is 0 Å². The van der Waals surface area contributed by atoms with Crippen molar-refractivity contribution in [1.82, 2.24) is 15.3 Å². The molecule has 0 bridgehead atoms. The number of anilines is 1. The third kappa shape index (κ3) is 4.46. The zero-order valence-corrected chi connectivity index (χ0v) is 14.9. The summed E-state index contributed by atoms with van der Waals surface area (Å²) in [5, 5.41) is 3.16. The summed E-state index contributed by atoms with van der Waals surface area (Å²) in [6.45, 7) is 5.23. The number of aromatic nitrogens is 2. The van der Waals surface area contributed by atoms with E-state index in [-0.39, 0.29) is 22.5 Å². The molecule has 3 rings (SSSR count). The Morgan fingerprint density at radius 3 is 2.76 bits per heavy atom. The lowest BCUT2D eigenvalue weighted by molar-refractivity contribution is 0.0946. The fourth-order valence-corrected chi connectivity index (χ4v) is 2.84. The van der Waals surface area contributed by atoms with E-state index in [1.54, 1.807) is 0 Å². The van der Waals surface area contributed by atoms with E-state index in [0.717, 1.165) is 0 Å². The Morgan fingerprint density at radius 2 is 2.04 bits per heavy atom. The molecule has 7 heteroatoms. The van der Waals surface area contributed by atoms with Gasteiger partial charge in [-0.25, -0.2) is 9.97 Å². The van der Waals surface area contributed by atoms with Gasteiger partial charge in [-0.05, 0) is 11.5 Å². The highest BCUT2D eigenvalue weighted by atomic mass is 35.5. The van der Waals surface area contributed by atoms with Crippen molar-refractivity contribution in [3.05, 3.63) is 52.8 Å². The summed E-state index contributed by atoms with van der Waals surface area (Å²) in [5.74, 6) is 0.420. The lowest BCUT2D eigenvalue weighted by Gasteiger charge is -2.26. The van der Waals surface area contributed by atoms with Crippen molar-refractivity contribution in [2.45, 2.75) is 12.8 Å². The average Bonchev–Trinajstić information content (AvgIpc) is 2.67. The van der Waals surface area contributed by atoms with Crippen LogP contribution in [0.1, 0.15) is 28.9 Å². The van der Waals surface area contributed by atoms with Crippen LogP contribution in [0.4, 0.5) is 5.95 Å². The summed E-state index contributed by atoms with van der Waals surface area (Å²) in [4.78, 5) is 23.1. The van der Waals surface area contributed by atoms with Crippen molar-refractivity contribution in [3.8, 4) is 0 Å². The molecule has 0 saturated carbocycles. The van der Waals surface area contributed by atoms with Crippen LogP contribution in [-0.4, -0.2) is 48.7 Å². The molecule has 1 fully saturated rings. The van der Waals surface area contributed by atoms with Crippen LogP contribution < -0.4 is 10.2 Å². The van der Waals surface area contributed by atoms with E-state index in [0.29, 0.717) is 38.8 Å². The number of nitrogens with zero attached hydrogens (tertiary/aromatic N) is 3. The van der Waals surface area contributed by atoms with Crippen LogP contribution in [-0.2, 0) is 4.74 Å². The zero-order valence-electron chi connectivity index (χ0n) is 14.1. The van der Waals surface area contributed by atoms with Gasteiger partial charge in [0.25, 0.3) is 5.91 Å². The highest BCUT2D eigenvalue weighted by Crippen LogP contribution is 2.18. The Labute approximate surface area is 152 Å². The first-order valence-electron chi connectivity index (χ1n) is 8.33. The van der Waals surface area contributed by atoms with Crippen LogP contribution in [0, 0.1) is 0 Å². The first-order valence-corrected chi connectivity index (χ1v) is 8.71. The topological polar surface area (TPSA) is 67.4 Å². The van der Waals surface area contributed by atoms with Gasteiger partial charge >= 0.3 is 0 Å². The number of nitrogens with one attached hydrogen (secondary N) is 1. The fourth-order valence-electron chi connectivity index (χ4n) is 2.66. The maximum atomic E-state index is 12.5. The minimum absolute atomic E-state index is 0.199. The molecule has 2 heterocycles. The summed E-state index contributed by atoms with van der Waals surface area (Å²) in [7, 11) is 0. The molecule has 1 saturated heterocycles. The standard InChI is InChI=1S/C18H21ClN4O2/c1-13(14-5-3-2-4-6-14)11-20-17(24)16-15(19)12-21-18(22-16)23-7-9-25-10-8-23/h2-6,12-13H,7-11H2,1H3,(H,20,24)/t13-/m1/s1. The molecule has 1 aromatic carbocycles. The molecule has 25 heavy (non-hydrogen) atoms. The van der Waals surface area contributed by atoms with Gasteiger partial charge in [-0.2, -0.15) is 0 Å². The lowest BCUT2D eigenvalue weighted by Crippen LogP contribution is -2.38. The van der Waals surface area contributed by atoms with E-state index in [9.17, 15) is 4.79 Å². The Kier molecular flexibility index (Phi) is 5.83.